The number of fused-ring (bicyclic) bond motifs is 3. The van der Waals surface area contributed by atoms with Crippen molar-refractivity contribution in [2.24, 2.45) is 4.99 Å². The number of carbonyl (C=O) groups is 2. The van der Waals surface area contributed by atoms with Gasteiger partial charge in [-0.25, -0.2) is 4.99 Å². The Kier molecular flexibility index (Phi) is 4.82. The van der Waals surface area contributed by atoms with E-state index in [1.165, 1.54) is 11.6 Å². The van der Waals surface area contributed by atoms with Gasteiger partial charge in [0.25, 0.3) is 0 Å². The fourth-order valence-electron chi connectivity index (χ4n) is 4.97. The molecule has 1 N–H and O–H groups in total. The molecule has 0 amide bonds. The zero-order valence-electron chi connectivity index (χ0n) is 19.2. The Labute approximate surface area is 197 Å². The second-order valence-electron chi connectivity index (χ2n) is 8.96. The molecule has 34 heavy (non-hydrogen) atoms. The molecule has 0 radical (unpaired) electrons. The van der Waals surface area contributed by atoms with Crippen molar-refractivity contribution >= 4 is 34.9 Å². The SMILES string of the molecule is C=C=C(N=CC1=[N+](C)c2ccccc2C1(C)C)c1ccc(O)c2c1C(=O)c1ccccc1C2=O. The van der Waals surface area contributed by atoms with Crippen LogP contribution in [0, 0.1) is 0 Å². The first-order valence-electron chi connectivity index (χ1n) is 11.0. The Morgan fingerprint density at radius 1 is 0.971 bits per heavy atom. The lowest BCUT2D eigenvalue weighted by Gasteiger charge is -2.21. The number of benzene rings is 3. The predicted octanol–water partition coefficient (Wildman–Crippen LogP) is 5.07. The van der Waals surface area contributed by atoms with Crippen molar-refractivity contribution in [2.75, 3.05) is 7.05 Å². The van der Waals surface area contributed by atoms with Gasteiger partial charge in [0, 0.05) is 33.9 Å². The molecule has 5 nitrogen and oxygen atoms in total. The van der Waals surface area contributed by atoms with Gasteiger partial charge in [-0.15, -0.1) is 5.73 Å². The summed E-state index contributed by atoms with van der Waals surface area (Å²) in [7, 11) is 1.99. The maximum Gasteiger partial charge on any atom is 0.210 e. The van der Waals surface area contributed by atoms with Crippen LogP contribution >= 0.6 is 0 Å². The van der Waals surface area contributed by atoms with Crippen LogP contribution in [0.3, 0.4) is 0 Å². The Hall–Kier alpha value is -4.34. The Morgan fingerprint density at radius 2 is 1.59 bits per heavy atom. The predicted molar refractivity (Wildman–Crippen MR) is 133 cm³/mol. The number of para-hydroxylation sites is 1. The number of nitrogens with zero attached hydrogens (tertiary/aromatic N) is 2. The van der Waals surface area contributed by atoms with Gasteiger partial charge in [-0.2, -0.15) is 4.58 Å². The van der Waals surface area contributed by atoms with Gasteiger partial charge in [-0.3, -0.25) is 9.59 Å². The fourth-order valence-corrected chi connectivity index (χ4v) is 4.97. The van der Waals surface area contributed by atoms with Crippen LogP contribution in [0.15, 0.2) is 78.0 Å². The van der Waals surface area contributed by atoms with Gasteiger partial charge in [-0.05, 0) is 26.0 Å². The lowest BCUT2D eigenvalue weighted by Crippen LogP contribution is -2.29. The number of hydrogen-bond donors (Lipinski definition) is 1. The van der Waals surface area contributed by atoms with E-state index in [9.17, 15) is 14.7 Å². The highest BCUT2D eigenvalue weighted by Crippen LogP contribution is 2.39. The maximum atomic E-state index is 13.4. The molecule has 0 atom stereocenters. The van der Waals surface area contributed by atoms with Crippen molar-refractivity contribution < 1.29 is 19.3 Å². The van der Waals surface area contributed by atoms with Crippen LogP contribution in [-0.2, 0) is 5.41 Å². The number of carbonyl (C=O) groups excluding carboxylic acids is 2. The molecule has 1 heterocycles. The molecule has 0 saturated carbocycles. The molecule has 0 spiro atoms. The third-order valence-electron chi connectivity index (χ3n) is 6.73. The lowest BCUT2D eigenvalue weighted by atomic mass is 9.80. The average Bonchev–Trinajstić information content (AvgIpc) is 3.04. The maximum absolute atomic E-state index is 13.4. The Balaban J connectivity index is 1.63. The number of phenolic OH excluding ortho intramolecular Hbond substituents is 1. The molecule has 166 valence electrons. The summed E-state index contributed by atoms with van der Waals surface area (Å²) in [6.45, 7) is 8.05. The molecule has 0 unspecified atom stereocenters. The standard InChI is InChI=1S/C29H22N2O3/c1-5-21(30-16-24-29(2,3)20-12-8-9-13-22(20)31(24)4)19-14-15-23(32)26-25(19)27(33)17-10-6-7-11-18(17)28(26)34/h6-16H,1H2,2-4H3/p+1. The quantitative estimate of drug-likeness (QED) is 0.271. The van der Waals surface area contributed by atoms with Gasteiger partial charge in [0.1, 0.15) is 18.5 Å². The first-order valence-corrected chi connectivity index (χ1v) is 11.0. The van der Waals surface area contributed by atoms with Gasteiger partial charge < -0.3 is 5.11 Å². The van der Waals surface area contributed by atoms with E-state index in [0.717, 1.165) is 11.4 Å². The lowest BCUT2D eigenvalue weighted by molar-refractivity contribution is -0.400. The van der Waals surface area contributed by atoms with E-state index in [0.29, 0.717) is 16.8 Å². The molecule has 3 aromatic rings. The molecule has 1 aliphatic heterocycles. The Bertz CT molecular complexity index is 1530. The van der Waals surface area contributed by atoms with Gasteiger partial charge in [0.2, 0.25) is 11.4 Å². The number of rotatable bonds is 3. The summed E-state index contributed by atoms with van der Waals surface area (Å²) < 4.78 is 2.09. The molecule has 3 aromatic carbocycles. The molecule has 5 heteroatoms. The topological polar surface area (TPSA) is 69.7 Å². The second kappa shape index (κ2) is 7.62. The molecule has 0 saturated heterocycles. The van der Waals surface area contributed by atoms with Gasteiger partial charge in [0.15, 0.2) is 11.6 Å². The zero-order chi connectivity index (χ0) is 24.2. The summed E-state index contributed by atoms with van der Waals surface area (Å²) in [5.41, 5.74) is 7.26. The van der Waals surface area contributed by atoms with E-state index in [-0.39, 0.29) is 33.6 Å². The van der Waals surface area contributed by atoms with Gasteiger partial charge >= 0.3 is 0 Å². The van der Waals surface area contributed by atoms with Crippen LogP contribution in [0.25, 0.3) is 5.70 Å². The fraction of sp³-hybridized carbons (Fsp3) is 0.138. The van der Waals surface area contributed by atoms with Crippen LogP contribution < -0.4 is 0 Å². The number of phenols is 1. The smallest absolute Gasteiger partial charge is 0.210 e. The van der Waals surface area contributed by atoms with Crippen molar-refractivity contribution in [3.63, 3.8) is 0 Å². The van der Waals surface area contributed by atoms with Crippen LogP contribution in [0.5, 0.6) is 5.75 Å². The highest BCUT2D eigenvalue weighted by atomic mass is 16.3. The molecule has 0 aromatic heterocycles. The monoisotopic (exact) mass is 447 g/mol. The summed E-state index contributed by atoms with van der Waals surface area (Å²) >= 11 is 0. The third-order valence-corrected chi connectivity index (χ3v) is 6.73. The van der Waals surface area contributed by atoms with E-state index in [2.05, 4.69) is 47.9 Å². The molecular formula is C29H23N2O3+. The van der Waals surface area contributed by atoms with E-state index in [1.54, 1.807) is 36.5 Å². The summed E-state index contributed by atoms with van der Waals surface area (Å²) in [5.74, 6) is -0.962. The molecule has 0 fully saturated rings. The van der Waals surface area contributed by atoms with E-state index >= 15 is 0 Å². The first-order chi connectivity index (χ1) is 16.3. The van der Waals surface area contributed by atoms with Crippen LogP contribution in [0.1, 0.15) is 56.8 Å². The van der Waals surface area contributed by atoms with Gasteiger partial charge in [-0.1, -0.05) is 49.0 Å². The number of ketones is 2. The van der Waals surface area contributed by atoms with Crippen molar-refractivity contribution in [3.05, 3.63) is 106 Å². The van der Waals surface area contributed by atoms with Gasteiger partial charge in [0.05, 0.1) is 17.2 Å². The molecular weight excluding hydrogens is 424 g/mol. The number of aliphatic imine (C=N–C) groups is 1. The van der Waals surface area contributed by atoms with Crippen molar-refractivity contribution in [1.29, 1.82) is 0 Å². The average molecular weight is 448 g/mol. The largest absolute Gasteiger partial charge is 0.507 e. The normalized spacial score (nSPS) is 15.7. The number of aromatic hydroxyl groups is 1. The summed E-state index contributed by atoms with van der Waals surface area (Å²) in [6, 6.07) is 17.8. The second-order valence-corrected chi connectivity index (χ2v) is 8.96. The number of hydrogen-bond acceptors (Lipinski definition) is 4. The highest BCUT2D eigenvalue weighted by Gasteiger charge is 2.43. The van der Waals surface area contributed by atoms with Crippen LogP contribution in [0.4, 0.5) is 5.69 Å². The minimum absolute atomic E-state index is 0.0116. The van der Waals surface area contributed by atoms with E-state index in [1.807, 2.05) is 19.2 Å². The molecule has 1 aliphatic carbocycles. The minimum atomic E-state index is -0.390. The zero-order valence-corrected chi connectivity index (χ0v) is 19.2. The summed E-state index contributed by atoms with van der Waals surface area (Å²) in [5, 5.41) is 10.5. The highest BCUT2D eigenvalue weighted by molar-refractivity contribution is 6.34. The van der Waals surface area contributed by atoms with Crippen molar-refractivity contribution in [3.8, 4) is 5.75 Å². The Morgan fingerprint density at radius 3 is 2.24 bits per heavy atom. The van der Waals surface area contributed by atoms with E-state index < -0.39 is 5.78 Å². The molecule has 0 bridgehead atoms. The van der Waals surface area contributed by atoms with Crippen molar-refractivity contribution in [1.82, 2.24) is 0 Å². The molecule has 2 aliphatic rings. The summed E-state index contributed by atoms with van der Waals surface area (Å²) in [6.07, 6.45) is 1.76. The minimum Gasteiger partial charge on any atom is -0.507 e. The first kappa shape index (κ1) is 21.5. The van der Waals surface area contributed by atoms with Crippen LogP contribution in [-0.4, -0.2) is 40.2 Å². The van der Waals surface area contributed by atoms with E-state index in [4.69, 9.17) is 0 Å². The van der Waals surface area contributed by atoms with Crippen LogP contribution in [0.2, 0.25) is 0 Å². The summed E-state index contributed by atoms with van der Waals surface area (Å²) in [4.78, 5) is 31.2. The molecule has 5 rings (SSSR count). The third kappa shape index (κ3) is 2.95. The van der Waals surface area contributed by atoms with Crippen molar-refractivity contribution in [2.45, 2.75) is 19.3 Å².